The maximum Gasteiger partial charge on any atom is 0.261 e. The summed E-state index contributed by atoms with van der Waals surface area (Å²) in [6.45, 7) is 4.23. The van der Waals surface area contributed by atoms with Crippen molar-refractivity contribution in [2.75, 3.05) is 13.1 Å². The monoisotopic (exact) mass is 324 g/mol. The zero-order valence-corrected chi connectivity index (χ0v) is 13.7. The van der Waals surface area contributed by atoms with Gasteiger partial charge in [0.2, 0.25) is 0 Å². The fourth-order valence-corrected chi connectivity index (χ4v) is 3.76. The zero-order chi connectivity index (χ0) is 13.9. The number of thiophene rings is 1. The molecule has 0 aliphatic carbocycles. The topological polar surface area (TPSA) is 41.1 Å². The Morgan fingerprint density at radius 2 is 2.24 bits per heavy atom. The van der Waals surface area contributed by atoms with Crippen LogP contribution in [-0.2, 0) is 0 Å². The van der Waals surface area contributed by atoms with Gasteiger partial charge in [0.1, 0.15) is 0 Å². The molecule has 2 unspecified atom stereocenters. The van der Waals surface area contributed by atoms with Crippen molar-refractivity contribution in [3.8, 4) is 0 Å². The van der Waals surface area contributed by atoms with Gasteiger partial charge in [0, 0.05) is 10.7 Å². The van der Waals surface area contributed by atoms with Gasteiger partial charge in [-0.2, -0.15) is 0 Å². The molecule has 1 aromatic heterocycles. The normalized spacial score (nSPS) is 19.8. The molecule has 5 heteroatoms. The first-order valence-electron chi connectivity index (χ1n) is 7.24. The van der Waals surface area contributed by atoms with Crippen LogP contribution in [0.5, 0.6) is 0 Å². The van der Waals surface area contributed by atoms with Crippen LogP contribution in [0.2, 0.25) is 0 Å². The van der Waals surface area contributed by atoms with Gasteiger partial charge < -0.3 is 10.6 Å². The van der Waals surface area contributed by atoms with Crippen LogP contribution in [0.4, 0.5) is 0 Å². The first-order valence-corrected chi connectivity index (χ1v) is 8.06. The highest BCUT2D eigenvalue weighted by Crippen LogP contribution is 2.25. The number of fused-ring (bicyclic) bond motifs is 1. The van der Waals surface area contributed by atoms with E-state index >= 15 is 0 Å². The largest absolute Gasteiger partial charge is 0.349 e. The fourth-order valence-electron chi connectivity index (χ4n) is 2.80. The molecule has 1 fully saturated rings. The summed E-state index contributed by atoms with van der Waals surface area (Å²) in [5, 5.41) is 7.71. The lowest BCUT2D eigenvalue weighted by atomic mass is 9.93. The minimum atomic E-state index is 0. The van der Waals surface area contributed by atoms with Gasteiger partial charge in [-0.25, -0.2) is 0 Å². The molecule has 1 amide bonds. The van der Waals surface area contributed by atoms with Crippen LogP contribution in [0.25, 0.3) is 10.1 Å². The van der Waals surface area contributed by atoms with E-state index in [9.17, 15) is 4.79 Å². The second kappa shape index (κ2) is 7.25. The molecule has 2 heterocycles. The number of hydrogen-bond acceptors (Lipinski definition) is 3. The Hall–Kier alpha value is -1.10. The smallest absolute Gasteiger partial charge is 0.261 e. The van der Waals surface area contributed by atoms with Crippen LogP contribution in [0.1, 0.15) is 29.4 Å². The molecule has 3 nitrogen and oxygen atoms in total. The van der Waals surface area contributed by atoms with Crippen molar-refractivity contribution in [1.29, 1.82) is 0 Å². The molecule has 21 heavy (non-hydrogen) atoms. The highest BCUT2D eigenvalue weighted by molar-refractivity contribution is 7.20. The maximum absolute atomic E-state index is 12.3. The molecule has 2 N–H and O–H groups in total. The number of carbonyl (C=O) groups excluding carboxylic acids is 1. The number of nitrogens with one attached hydrogen (secondary N) is 2. The maximum atomic E-state index is 12.3. The third-order valence-electron chi connectivity index (χ3n) is 4.05. The van der Waals surface area contributed by atoms with Crippen LogP contribution in [0.3, 0.4) is 0 Å². The van der Waals surface area contributed by atoms with E-state index in [1.807, 2.05) is 18.2 Å². The minimum Gasteiger partial charge on any atom is -0.349 e. The molecular weight excluding hydrogens is 304 g/mol. The minimum absolute atomic E-state index is 0. The number of halogens is 1. The fraction of sp³-hybridized carbons (Fsp3) is 0.438. The van der Waals surface area contributed by atoms with Gasteiger partial charge in [0.15, 0.2) is 0 Å². The van der Waals surface area contributed by atoms with Crippen molar-refractivity contribution in [1.82, 2.24) is 10.6 Å². The van der Waals surface area contributed by atoms with E-state index in [1.54, 1.807) is 11.3 Å². The standard InChI is InChI=1S/C16H20N2OS.ClH/c1-11(13-6-4-8-17-10-13)18-16(19)15-9-12-5-2-3-7-14(12)20-15;/h2-3,5,7,9,11,13,17H,4,6,8,10H2,1H3,(H,18,19);1H. The average molecular weight is 325 g/mol. The predicted molar refractivity (Wildman–Crippen MR) is 91.6 cm³/mol. The second-order valence-electron chi connectivity index (χ2n) is 5.52. The van der Waals surface area contributed by atoms with E-state index in [1.165, 1.54) is 17.5 Å². The SMILES string of the molecule is CC(NC(=O)c1cc2ccccc2s1)C1CCCNC1.Cl. The Morgan fingerprint density at radius 3 is 2.95 bits per heavy atom. The molecule has 3 rings (SSSR count). The molecule has 2 aromatic rings. The molecule has 1 aliphatic rings. The van der Waals surface area contributed by atoms with Gasteiger partial charge in [-0.1, -0.05) is 18.2 Å². The van der Waals surface area contributed by atoms with Crippen LogP contribution >= 0.6 is 23.7 Å². The first kappa shape index (κ1) is 16.3. The van der Waals surface area contributed by atoms with Crippen molar-refractivity contribution in [2.45, 2.75) is 25.8 Å². The van der Waals surface area contributed by atoms with Gasteiger partial charge >= 0.3 is 0 Å². The molecule has 1 saturated heterocycles. The highest BCUT2D eigenvalue weighted by atomic mass is 35.5. The summed E-state index contributed by atoms with van der Waals surface area (Å²) in [4.78, 5) is 13.2. The number of benzene rings is 1. The van der Waals surface area contributed by atoms with Crippen molar-refractivity contribution >= 4 is 39.7 Å². The molecule has 0 saturated carbocycles. The Bertz CT molecular complexity index is 574. The Labute approximate surface area is 135 Å². The lowest BCUT2D eigenvalue weighted by Crippen LogP contribution is -2.44. The molecule has 1 aliphatic heterocycles. The van der Waals surface area contributed by atoms with Crippen LogP contribution < -0.4 is 10.6 Å². The number of rotatable bonds is 3. The van der Waals surface area contributed by atoms with Gasteiger partial charge in [-0.05, 0) is 56.3 Å². The highest BCUT2D eigenvalue weighted by Gasteiger charge is 2.22. The van der Waals surface area contributed by atoms with Crippen molar-refractivity contribution in [3.05, 3.63) is 35.2 Å². The average Bonchev–Trinajstić information content (AvgIpc) is 2.92. The van der Waals surface area contributed by atoms with Crippen molar-refractivity contribution < 1.29 is 4.79 Å². The van der Waals surface area contributed by atoms with Gasteiger partial charge in [-0.15, -0.1) is 23.7 Å². The molecule has 2 atom stereocenters. The number of piperidine rings is 1. The van der Waals surface area contributed by atoms with E-state index in [0.29, 0.717) is 5.92 Å². The van der Waals surface area contributed by atoms with Gasteiger partial charge in [-0.3, -0.25) is 4.79 Å². The van der Waals surface area contributed by atoms with E-state index < -0.39 is 0 Å². The lowest BCUT2D eigenvalue weighted by Gasteiger charge is -2.28. The van der Waals surface area contributed by atoms with Crippen molar-refractivity contribution in [2.24, 2.45) is 5.92 Å². The third-order valence-corrected chi connectivity index (χ3v) is 5.17. The summed E-state index contributed by atoms with van der Waals surface area (Å²) in [5.41, 5.74) is 0. The molecule has 1 aromatic carbocycles. The van der Waals surface area contributed by atoms with Gasteiger partial charge in [0.05, 0.1) is 4.88 Å². The summed E-state index contributed by atoms with van der Waals surface area (Å²) in [6, 6.07) is 10.3. The predicted octanol–water partition coefficient (Wildman–Crippen LogP) is 3.44. The summed E-state index contributed by atoms with van der Waals surface area (Å²) < 4.78 is 1.17. The van der Waals surface area contributed by atoms with E-state index in [2.05, 4.69) is 29.7 Å². The molecule has 0 bridgehead atoms. The zero-order valence-electron chi connectivity index (χ0n) is 12.1. The molecular formula is C16H21ClN2OS. The van der Waals surface area contributed by atoms with Crippen LogP contribution in [-0.4, -0.2) is 25.0 Å². The van der Waals surface area contributed by atoms with E-state index in [0.717, 1.165) is 23.4 Å². The second-order valence-corrected chi connectivity index (χ2v) is 6.60. The first-order chi connectivity index (χ1) is 9.74. The van der Waals surface area contributed by atoms with Crippen molar-refractivity contribution in [3.63, 3.8) is 0 Å². The summed E-state index contributed by atoms with van der Waals surface area (Å²) >= 11 is 1.57. The number of carbonyl (C=O) groups is 1. The summed E-state index contributed by atoms with van der Waals surface area (Å²) in [5.74, 6) is 0.603. The summed E-state index contributed by atoms with van der Waals surface area (Å²) in [7, 11) is 0. The molecule has 114 valence electrons. The quantitative estimate of drug-likeness (QED) is 0.908. The molecule has 0 spiro atoms. The molecule has 0 radical (unpaired) electrons. The van der Waals surface area contributed by atoms with Crippen LogP contribution in [0.15, 0.2) is 30.3 Å². The Balaban J connectivity index is 0.00000161. The number of hydrogen-bond donors (Lipinski definition) is 2. The van der Waals surface area contributed by atoms with Gasteiger partial charge in [0.25, 0.3) is 5.91 Å². The van der Waals surface area contributed by atoms with E-state index in [-0.39, 0.29) is 24.4 Å². The third kappa shape index (κ3) is 3.76. The van der Waals surface area contributed by atoms with E-state index in [4.69, 9.17) is 0 Å². The lowest BCUT2D eigenvalue weighted by molar-refractivity contribution is 0.0926. The number of amides is 1. The van der Waals surface area contributed by atoms with Crippen LogP contribution in [0, 0.1) is 5.92 Å². The summed E-state index contributed by atoms with van der Waals surface area (Å²) in [6.07, 6.45) is 2.40. The Kier molecular flexibility index (Phi) is 5.62. The Morgan fingerprint density at radius 1 is 1.43 bits per heavy atom.